The third-order valence-electron chi connectivity index (χ3n) is 11.4. The van der Waals surface area contributed by atoms with E-state index in [1.165, 1.54) is 22.3 Å². The van der Waals surface area contributed by atoms with Gasteiger partial charge in [-0.15, -0.1) is 0 Å². The minimum absolute atomic E-state index is 0.0238. The molecule has 4 aliphatic carbocycles. The third-order valence-corrected chi connectivity index (χ3v) is 11.4. The van der Waals surface area contributed by atoms with Crippen molar-refractivity contribution in [3.8, 4) is 0 Å². The van der Waals surface area contributed by atoms with E-state index in [0.717, 1.165) is 43.7 Å². The molecule has 6 rings (SSSR count). The summed E-state index contributed by atoms with van der Waals surface area (Å²) >= 11 is 0. The summed E-state index contributed by atoms with van der Waals surface area (Å²) in [4.78, 5) is 12.3. The zero-order chi connectivity index (χ0) is 29.2. The molecule has 0 amide bonds. The minimum Gasteiger partial charge on any atom is -0.386 e. The fourth-order valence-corrected chi connectivity index (χ4v) is 8.95. The fraction of sp³-hybridized carbons (Fsp3) is 0.528. The van der Waals surface area contributed by atoms with Gasteiger partial charge in [0.1, 0.15) is 5.60 Å². The van der Waals surface area contributed by atoms with Gasteiger partial charge in [-0.25, -0.2) is 13.2 Å². The van der Waals surface area contributed by atoms with Crippen LogP contribution < -0.4 is 0 Å². The molecule has 2 saturated carbocycles. The Morgan fingerprint density at radius 1 is 0.902 bits per heavy atom. The molecule has 2 aromatic rings. The molecule has 2 unspecified atom stereocenters. The Morgan fingerprint density at radius 3 is 2.22 bits per heavy atom. The van der Waals surface area contributed by atoms with Gasteiger partial charge < -0.3 is 5.11 Å². The second kappa shape index (κ2) is 9.97. The van der Waals surface area contributed by atoms with Gasteiger partial charge in [-0.3, -0.25) is 4.79 Å². The predicted molar refractivity (Wildman–Crippen MR) is 156 cm³/mol. The Hall–Kier alpha value is -2.66. The number of halogens is 3. The highest BCUT2D eigenvalue weighted by Crippen LogP contribution is 2.70. The highest BCUT2D eigenvalue weighted by Gasteiger charge is 2.73. The molecule has 0 radical (unpaired) electrons. The van der Waals surface area contributed by atoms with Crippen molar-refractivity contribution in [3.05, 3.63) is 94.1 Å². The van der Waals surface area contributed by atoms with Crippen LogP contribution in [-0.4, -0.2) is 28.1 Å². The lowest BCUT2D eigenvalue weighted by atomic mass is 9.49. The molecule has 2 nitrogen and oxygen atoms in total. The van der Waals surface area contributed by atoms with E-state index < -0.39 is 22.6 Å². The molecule has 0 aromatic heterocycles. The third kappa shape index (κ3) is 4.45. The predicted octanol–water partition coefficient (Wildman–Crippen LogP) is 8.49. The van der Waals surface area contributed by atoms with Crippen LogP contribution in [0.4, 0.5) is 13.2 Å². The summed E-state index contributed by atoms with van der Waals surface area (Å²) in [6.45, 7) is 3.37. The quantitative estimate of drug-likeness (QED) is 0.383. The molecule has 0 aliphatic heterocycles. The number of hydrogen-bond donors (Lipinski definition) is 1. The first-order valence-corrected chi connectivity index (χ1v) is 15.2. The summed E-state index contributed by atoms with van der Waals surface area (Å²) in [6, 6.07) is 19.0. The van der Waals surface area contributed by atoms with E-state index in [1.807, 2.05) is 25.1 Å². The normalized spacial score (nSPS) is 33.0. The van der Waals surface area contributed by atoms with E-state index in [9.17, 15) is 18.7 Å². The van der Waals surface area contributed by atoms with Gasteiger partial charge in [-0.1, -0.05) is 67.1 Å². The Kier molecular flexibility index (Phi) is 6.92. The number of hydrogen-bond acceptors (Lipinski definition) is 2. The number of aliphatic hydroxyl groups is 1. The first kappa shape index (κ1) is 28.5. The standard InChI is InChI=1S/C36H41F3O2/c1-33-22-30(25-13-11-24(12-14-25)10-9-23-7-5-4-6-8-23)32-28-18-16-27(40)21-26(28)15-17-29(32)31(33)19-20-36(33,41)34(2,37)35(3,38)39/h4-8,11-14,21,29-31,41H,9-10,15-20,22H2,1-3H3/t29?,30-,31?,33+,34+,36+/m1/s1. The summed E-state index contributed by atoms with van der Waals surface area (Å²) in [6.07, 6.45) is 7.35. The molecule has 0 spiro atoms. The second-order valence-electron chi connectivity index (χ2n) is 13.5. The Morgan fingerprint density at radius 2 is 1.56 bits per heavy atom. The van der Waals surface area contributed by atoms with Crippen molar-refractivity contribution in [2.45, 2.75) is 102 Å². The number of ketones is 1. The summed E-state index contributed by atoms with van der Waals surface area (Å²) < 4.78 is 45.8. The largest absolute Gasteiger partial charge is 0.386 e. The van der Waals surface area contributed by atoms with Crippen molar-refractivity contribution in [2.75, 3.05) is 0 Å². The van der Waals surface area contributed by atoms with E-state index in [4.69, 9.17) is 0 Å². The molecular formula is C36H41F3O2. The zero-order valence-electron chi connectivity index (χ0n) is 24.4. The van der Waals surface area contributed by atoms with Crippen LogP contribution in [0.1, 0.15) is 88.3 Å². The van der Waals surface area contributed by atoms with Gasteiger partial charge >= 0.3 is 0 Å². The summed E-state index contributed by atoms with van der Waals surface area (Å²) in [5.74, 6) is -3.65. The number of fused-ring (bicyclic) bond motifs is 4. The van der Waals surface area contributed by atoms with Crippen LogP contribution in [0.15, 0.2) is 77.4 Å². The van der Waals surface area contributed by atoms with Crippen LogP contribution in [0, 0.1) is 17.3 Å². The minimum atomic E-state index is -3.68. The van der Waals surface area contributed by atoms with Gasteiger partial charge in [0.15, 0.2) is 11.5 Å². The molecule has 41 heavy (non-hydrogen) atoms. The van der Waals surface area contributed by atoms with Gasteiger partial charge in [0, 0.05) is 24.7 Å². The number of carbonyl (C=O) groups excluding carboxylic acids is 1. The van der Waals surface area contributed by atoms with Crippen LogP contribution in [0.25, 0.3) is 0 Å². The lowest BCUT2D eigenvalue weighted by molar-refractivity contribution is -0.252. The van der Waals surface area contributed by atoms with Gasteiger partial charge in [0.05, 0.1) is 0 Å². The van der Waals surface area contributed by atoms with Crippen molar-refractivity contribution in [1.29, 1.82) is 0 Å². The number of benzene rings is 2. The molecule has 4 aliphatic rings. The number of allylic oxidation sites excluding steroid dienone is 4. The molecule has 0 saturated heterocycles. The topological polar surface area (TPSA) is 37.3 Å². The lowest BCUT2D eigenvalue weighted by Crippen LogP contribution is -2.66. The maximum absolute atomic E-state index is 16.2. The molecule has 6 atom stereocenters. The molecule has 0 heterocycles. The van der Waals surface area contributed by atoms with E-state index >= 15 is 4.39 Å². The van der Waals surface area contributed by atoms with Crippen molar-refractivity contribution < 1.29 is 23.1 Å². The Bertz CT molecular complexity index is 1380. The average molecular weight is 563 g/mol. The summed E-state index contributed by atoms with van der Waals surface area (Å²) in [5, 5.41) is 12.0. The summed E-state index contributed by atoms with van der Waals surface area (Å²) in [7, 11) is 0. The van der Waals surface area contributed by atoms with Crippen LogP contribution in [0.2, 0.25) is 0 Å². The van der Waals surface area contributed by atoms with Gasteiger partial charge in [-0.05, 0) is 104 Å². The SMILES string of the molecule is CC(F)(F)[C@](C)(F)[C@]1(O)CCC2C3CCC4=CC(=O)CCC4=C3[C@@H](c3ccc(CCc4ccccc4)cc3)C[C@@]21C. The van der Waals surface area contributed by atoms with Gasteiger partial charge in [-0.2, -0.15) is 0 Å². The lowest BCUT2D eigenvalue weighted by Gasteiger charge is -2.57. The fourth-order valence-electron chi connectivity index (χ4n) is 8.95. The Balaban J connectivity index is 1.41. The van der Waals surface area contributed by atoms with Crippen LogP contribution in [0.3, 0.4) is 0 Å². The highest BCUT2D eigenvalue weighted by atomic mass is 19.3. The van der Waals surface area contributed by atoms with E-state index in [1.54, 1.807) is 6.08 Å². The average Bonchev–Trinajstić information content (AvgIpc) is 3.23. The molecule has 5 heteroatoms. The van der Waals surface area contributed by atoms with E-state index in [-0.39, 0.29) is 30.0 Å². The van der Waals surface area contributed by atoms with Crippen molar-refractivity contribution >= 4 is 5.78 Å². The second-order valence-corrected chi connectivity index (χ2v) is 13.5. The van der Waals surface area contributed by atoms with Gasteiger partial charge in [0.2, 0.25) is 0 Å². The monoisotopic (exact) mass is 562 g/mol. The first-order valence-electron chi connectivity index (χ1n) is 15.2. The number of aryl methyl sites for hydroxylation is 2. The summed E-state index contributed by atoms with van der Waals surface area (Å²) in [5.41, 5.74) is 1.03. The van der Waals surface area contributed by atoms with Crippen LogP contribution >= 0.6 is 0 Å². The van der Waals surface area contributed by atoms with Crippen molar-refractivity contribution in [3.63, 3.8) is 0 Å². The maximum Gasteiger partial charge on any atom is 0.281 e. The molecule has 218 valence electrons. The van der Waals surface area contributed by atoms with Crippen molar-refractivity contribution in [2.24, 2.45) is 17.3 Å². The molecule has 1 N–H and O–H groups in total. The van der Waals surface area contributed by atoms with E-state index in [0.29, 0.717) is 32.6 Å². The van der Waals surface area contributed by atoms with Crippen LogP contribution in [-0.2, 0) is 17.6 Å². The molecular weight excluding hydrogens is 521 g/mol. The molecule has 0 bridgehead atoms. The molecule has 2 aromatic carbocycles. The van der Waals surface area contributed by atoms with Crippen LogP contribution in [0.5, 0.6) is 0 Å². The smallest absolute Gasteiger partial charge is 0.281 e. The number of rotatable bonds is 6. The van der Waals surface area contributed by atoms with E-state index in [2.05, 4.69) is 36.4 Å². The van der Waals surface area contributed by atoms with Crippen molar-refractivity contribution in [1.82, 2.24) is 0 Å². The highest BCUT2D eigenvalue weighted by molar-refractivity contribution is 5.93. The zero-order valence-corrected chi connectivity index (χ0v) is 24.4. The first-order chi connectivity index (χ1) is 19.4. The Labute approximate surface area is 241 Å². The number of carbonyl (C=O) groups is 1. The maximum atomic E-state index is 16.2. The molecule has 2 fully saturated rings. The number of alkyl halides is 3. The van der Waals surface area contributed by atoms with Gasteiger partial charge in [0.25, 0.3) is 5.92 Å².